The van der Waals surface area contributed by atoms with Gasteiger partial charge >= 0.3 is 5.97 Å². The number of esters is 1. The highest BCUT2D eigenvalue weighted by Gasteiger charge is 2.19. The first-order valence-electron chi connectivity index (χ1n) is 9.26. The highest BCUT2D eigenvalue weighted by Crippen LogP contribution is 2.15. The molecule has 27 heavy (non-hydrogen) atoms. The van der Waals surface area contributed by atoms with Crippen molar-refractivity contribution in [2.45, 2.75) is 32.6 Å². The lowest BCUT2D eigenvalue weighted by Crippen LogP contribution is -2.29. The minimum Gasteiger partial charge on any atom is -0.452 e. The molecule has 0 saturated carbocycles. The number of ether oxygens (including phenoxy) is 1. The topological polar surface area (TPSA) is 72.5 Å². The highest BCUT2D eigenvalue weighted by molar-refractivity contribution is 6.14. The number of hydrogen-bond donors (Lipinski definition) is 1. The monoisotopic (exact) mass is 367 g/mol. The first-order chi connectivity index (χ1) is 13.1. The zero-order valence-corrected chi connectivity index (χ0v) is 15.6. The largest absolute Gasteiger partial charge is 0.452 e. The molecule has 0 atom stereocenters. The lowest BCUT2D eigenvalue weighted by atomic mass is 9.98. The Kier molecular flexibility index (Phi) is 8.23. The molecule has 1 amide bonds. The van der Waals surface area contributed by atoms with Gasteiger partial charge in [-0.15, -0.1) is 0 Å². The Bertz CT molecular complexity index is 771. The fourth-order valence-corrected chi connectivity index (χ4v) is 2.64. The molecule has 2 aromatic carbocycles. The Balaban J connectivity index is 1.93. The average molecular weight is 367 g/mol. The Hall–Kier alpha value is -2.95. The molecule has 0 aromatic heterocycles. The minimum atomic E-state index is -0.684. The molecular formula is C22H25NO4. The van der Waals surface area contributed by atoms with Gasteiger partial charge in [-0.2, -0.15) is 0 Å². The van der Waals surface area contributed by atoms with Gasteiger partial charge in [-0.1, -0.05) is 74.7 Å². The molecule has 0 heterocycles. The van der Waals surface area contributed by atoms with Gasteiger partial charge in [0.15, 0.2) is 12.4 Å². The third-order valence-electron chi connectivity index (χ3n) is 4.11. The maximum Gasteiger partial charge on any atom is 0.339 e. The number of carbonyl (C=O) groups is 3. The average Bonchev–Trinajstić information content (AvgIpc) is 2.72. The van der Waals surface area contributed by atoms with Crippen molar-refractivity contribution in [3.8, 4) is 0 Å². The van der Waals surface area contributed by atoms with Crippen LogP contribution in [0.2, 0.25) is 0 Å². The van der Waals surface area contributed by atoms with Gasteiger partial charge < -0.3 is 10.1 Å². The summed E-state index contributed by atoms with van der Waals surface area (Å²) in [5, 5.41) is 2.73. The number of hydrogen-bond acceptors (Lipinski definition) is 4. The molecule has 0 aliphatic heterocycles. The Morgan fingerprint density at radius 2 is 1.52 bits per heavy atom. The van der Waals surface area contributed by atoms with Crippen LogP contribution in [0, 0.1) is 0 Å². The van der Waals surface area contributed by atoms with Crippen molar-refractivity contribution < 1.29 is 19.1 Å². The van der Waals surface area contributed by atoms with E-state index in [1.165, 1.54) is 6.07 Å². The molecule has 0 aliphatic carbocycles. The lowest BCUT2D eigenvalue weighted by Gasteiger charge is -2.09. The molecule has 0 aliphatic rings. The van der Waals surface area contributed by atoms with Crippen molar-refractivity contribution in [1.82, 2.24) is 5.32 Å². The number of rotatable bonds is 10. The second kappa shape index (κ2) is 10.9. The van der Waals surface area contributed by atoms with E-state index in [9.17, 15) is 14.4 Å². The van der Waals surface area contributed by atoms with E-state index in [1.54, 1.807) is 42.5 Å². The van der Waals surface area contributed by atoms with Gasteiger partial charge in [0, 0.05) is 17.7 Å². The predicted octanol–water partition coefficient (Wildman–Crippen LogP) is 3.77. The van der Waals surface area contributed by atoms with Gasteiger partial charge in [0.1, 0.15) is 0 Å². The van der Waals surface area contributed by atoms with Crippen molar-refractivity contribution in [1.29, 1.82) is 0 Å². The molecule has 2 rings (SSSR count). The van der Waals surface area contributed by atoms with Crippen LogP contribution in [0.1, 0.15) is 58.9 Å². The van der Waals surface area contributed by atoms with E-state index in [2.05, 4.69) is 12.2 Å². The van der Waals surface area contributed by atoms with E-state index < -0.39 is 5.97 Å². The summed E-state index contributed by atoms with van der Waals surface area (Å²) in [5.74, 6) is -1.29. The van der Waals surface area contributed by atoms with Gasteiger partial charge in [0.2, 0.25) is 0 Å². The summed E-state index contributed by atoms with van der Waals surface area (Å²) in [6.07, 6.45) is 4.23. The summed E-state index contributed by atoms with van der Waals surface area (Å²) in [7, 11) is 0. The summed E-state index contributed by atoms with van der Waals surface area (Å²) in [5.41, 5.74) is 0.901. The SMILES string of the molecule is CCCCCCNC(=O)COC(=O)c1ccccc1C(=O)c1ccccc1. The molecule has 2 aromatic rings. The van der Waals surface area contributed by atoms with Crippen molar-refractivity contribution in [2.24, 2.45) is 0 Å². The van der Waals surface area contributed by atoms with Crippen LogP contribution in [0.15, 0.2) is 54.6 Å². The van der Waals surface area contributed by atoms with Crippen molar-refractivity contribution in [2.75, 3.05) is 13.2 Å². The standard InChI is InChI=1S/C22H25NO4/c1-2-3-4-10-15-23-20(24)16-27-22(26)19-14-9-8-13-18(19)21(25)17-11-6-5-7-12-17/h5-9,11-14H,2-4,10,15-16H2,1H3,(H,23,24). The van der Waals surface area contributed by atoms with Crippen LogP contribution in [-0.2, 0) is 9.53 Å². The molecule has 0 unspecified atom stereocenters. The van der Waals surface area contributed by atoms with Crippen LogP contribution in [0.3, 0.4) is 0 Å². The van der Waals surface area contributed by atoms with Crippen LogP contribution in [-0.4, -0.2) is 30.8 Å². The van der Waals surface area contributed by atoms with E-state index in [0.29, 0.717) is 12.1 Å². The molecule has 0 saturated heterocycles. The summed E-state index contributed by atoms with van der Waals surface area (Å²) in [6.45, 7) is 2.33. The predicted molar refractivity (Wildman–Crippen MR) is 104 cm³/mol. The highest BCUT2D eigenvalue weighted by atomic mass is 16.5. The molecule has 142 valence electrons. The molecular weight excluding hydrogens is 342 g/mol. The van der Waals surface area contributed by atoms with Gasteiger partial charge in [-0.3, -0.25) is 9.59 Å². The zero-order chi connectivity index (χ0) is 19.5. The van der Waals surface area contributed by atoms with Gasteiger partial charge in [0.05, 0.1) is 5.56 Å². The molecule has 5 nitrogen and oxygen atoms in total. The number of ketones is 1. The van der Waals surface area contributed by atoms with Crippen LogP contribution in [0.25, 0.3) is 0 Å². The third kappa shape index (κ3) is 6.37. The minimum absolute atomic E-state index is 0.155. The number of unbranched alkanes of at least 4 members (excludes halogenated alkanes) is 3. The quantitative estimate of drug-likeness (QED) is 0.394. The van der Waals surface area contributed by atoms with E-state index in [-0.39, 0.29) is 29.4 Å². The number of nitrogens with one attached hydrogen (secondary N) is 1. The number of amides is 1. The van der Waals surface area contributed by atoms with E-state index in [4.69, 9.17) is 4.74 Å². The summed E-state index contributed by atoms with van der Waals surface area (Å²) >= 11 is 0. The second-order valence-corrected chi connectivity index (χ2v) is 6.23. The van der Waals surface area contributed by atoms with Gasteiger partial charge in [-0.05, 0) is 12.5 Å². The molecule has 0 spiro atoms. The first kappa shape index (κ1) is 20.4. The van der Waals surface area contributed by atoms with Crippen LogP contribution in [0.4, 0.5) is 0 Å². The van der Waals surface area contributed by atoms with Crippen LogP contribution < -0.4 is 5.32 Å². The fourth-order valence-electron chi connectivity index (χ4n) is 2.64. The Morgan fingerprint density at radius 1 is 0.852 bits per heavy atom. The normalized spacial score (nSPS) is 10.3. The summed E-state index contributed by atoms with van der Waals surface area (Å²) in [4.78, 5) is 36.8. The maximum absolute atomic E-state index is 12.7. The molecule has 1 N–H and O–H groups in total. The Morgan fingerprint density at radius 3 is 2.22 bits per heavy atom. The van der Waals surface area contributed by atoms with Crippen LogP contribution in [0.5, 0.6) is 0 Å². The number of benzene rings is 2. The molecule has 0 fully saturated rings. The second-order valence-electron chi connectivity index (χ2n) is 6.23. The van der Waals surface area contributed by atoms with E-state index >= 15 is 0 Å². The zero-order valence-electron chi connectivity index (χ0n) is 15.6. The van der Waals surface area contributed by atoms with Gasteiger partial charge in [-0.25, -0.2) is 4.79 Å². The maximum atomic E-state index is 12.7. The number of carbonyl (C=O) groups excluding carboxylic acids is 3. The van der Waals surface area contributed by atoms with Crippen molar-refractivity contribution in [3.05, 3.63) is 71.3 Å². The summed E-state index contributed by atoms with van der Waals surface area (Å²) in [6, 6.07) is 15.2. The molecule has 0 bridgehead atoms. The fraction of sp³-hybridized carbons (Fsp3) is 0.318. The van der Waals surface area contributed by atoms with Crippen molar-refractivity contribution >= 4 is 17.7 Å². The van der Waals surface area contributed by atoms with Crippen molar-refractivity contribution in [3.63, 3.8) is 0 Å². The van der Waals surface area contributed by atoms with Crippen LogP contribution >= 0.6 is 0 Å². The summed E-state index contributed by atoms with van der Waals surface area (Å²) < 4.78 is 5.09. The smallest absolute Gasteiger partial charge is 0.339 e. The lowest BCUT2D eigenvalue weighted by molar-refractivity contribution is -0.124. The van der Waals surface area contributed by atoms with E-state index in [1.807, 2.05) is 6.07 Å². The first-order valence-corrected chi connectivity index (χ1v) is 9.26. The van der Waals surface area contributed by atoms with Gasteiger partial charge in [0.25, 0.3) is 5.91 Å². The third-order valence-corrected chi connectivity index (χ3v) is 4.11. The Labute approximate surface area is 159 Å². The molecule has 5 heteroatoms. The molecule has 0 radical (unpaired) electrons. The van der Waals surface area contributed by atoms with E-state index in [0.717, 1.165) is 25.7 Å².